The summed E-state index contributed by atoms with van der Waals surface area (Å²) in [6, 6.07) is 26.2. The standard InChI is InChI=1S/C53H57N5O3/c1-9-34-36(11-3)45-28-47-38(13-5)40(15-7)52(56-47)51(50-42-20-18-17-19-32(42)23-26-49(50)61-30-31-21-24-33(25-22-31)58(59)60)53-41(16-8)39(14-6)48(57-53)29-46-37(12-4)35(10-2)44(55-46)27-43(34)54-45/h17-29,54,56H,9-16,30H2,1-8H3. The van der Waals surface area contributed by atoms with E-state index in [4.69, 9.17) is 14.7 Å². The number of nitrogens with one attached hydrogen (secondary N) is 2. The smallest absolute Gasteiger partial charge is 0.269 e. The Morgan fingerprint density at radius 1 is 0.557 bits per heavy atom. The van der Waals surface area contributed by atoms with Crippen LogP contribution >= 0.6 is 0 Å². The first-order valence-electron chi connectivity index (χ1n) is 22.4. The van der Waals surface area contributed by atoms with Gasteiger partial charge in [0, 0.05) is 39.8 Å². The summed E-state index contributed by atoms with van der Waals surface area (Å²) in [5.41, 5.74) is 21.5. The lowest BCUT2D eigenvalue weighted by Crippen LogP contribution is -2.00. The Morgan fingerprint density at radius 2 is 1.11 bits per heavy atom. The van der Waals surface area contributed by atoms with E-state index < -0.39 is 0 Å². The minimum atomic E-state index is -0.372. The molecule has 0 saturated carbocycles. The Morgan fingerprint density at radius 3 is 1.74 bits per heavy atom. The predicted molar refractivity (Wildman–Crippen MR) is 254 cm³/mol. The van der Waals surface area contributed by atoms with Crippen LogP contribution in [0.25, 0.3) is 66.3 Å². The zero-order valence-corrected chi connectivity index (χ0v) is 36.9. The van der Waals surface area contributed by atoms with Crippen LogP contribution in [0.4, 0.5) is 5.69 Å². The molecule has 3 aromatic heterocycles. The largest absolute Gasteiger partial charge is 0.488 e. The van der Waals surface area contributed by atoms with Crippen LogP contribution in [-0.4, -0.2) is 24.9 Å². The van der Waals surface area contributed by atoms with Crippen LogP contribution in [0.15, 0.2) is 78.9 Å². The van der Waals surface area contributed by atoms with Gasteiger partial charge in [-0.1, -0.05) is 85.7 Å². The summed E-state index contributed by atoms with van der Waals surface area (Å²) >= 11 is 0. The van der Waals surface area contributed by atoms with Crippen molar-refractivity contribution in [3.8, 4) is 16.9 Å². The highest BCUT2D eigenvalue weighted by Crippen LogP contribution is 2.48. The Kier molecular flexibility index (Phi) is 11.8. The number of fused-ring (bicyclic) bond motifs is 9. The average Bonchev–Trinajstić information content (AvgIpc) is 4.01. The maximum absolute atomic E-state index is 11.5. The van der Waals surface area contributed by atoms with Crippen molar-refractivity contribution in [1.82, 2.24) is 19.9 Å². The van der Waals surface area contributed by atoms with Crippen LogP contribution in [0, 0.1) is 10.1 Å². The fraction of sp³-hybridized carbons (Fsp3) is 0.321. The summed E-state index contributed by atoms with van der Waals surface area (Å²) in [5.74, 6) is 0.726. The molecule has 0 unspecified atom stereocenters. The third kappa shape index (κ3) is 7.26. The highest BCUT2D eigenvalue weighted by atomic mass is 16.6. The molecular weight excluding hydrogens is 755 g/mol. The summed E-state index contributed by atoms with van der Waals surface area (Å²) in [5, 5.41) is 13.6. The number of ether oxygens (including phenoxy) is 1. The van der Waals surface area contributed by atoms with Crippen molar-refractivity contribution >= 4 is 60.8 Å². The number of hydrogen-bond acceptors (Lipinski definition) is 5. The first-order valence-corrected chi connectivity index (χ1v) is 22.4. The molecule has 8 bridgehead atoms. The van der Waals surface area contributed by atoms with Crippen molar-refractivity contribution in [2.45, 2.75) is 113 Å². The fourth-order valence-electron chi connectivity index (χ4n) is 9.94. The van der Waals surface area contributed by atoms with Crippen LogP contribution in [0.1, 0.15) is 132 Å². The molecule has 2 N–H and O–H groups in total. The number of nitro benzene ring substituents is 1. The van der Waals surface area contributed by atoms with E-state index in [-0.39, 0.29) is 17.2 Å². The van der Waals surface area contributed by atoms with E-state index in [1.807, 2.05) is 0 Å². The molecule has 8 nitrogen and oxygen atoms in total. The van der Waals surface area contributed by atoms with Crippen molar-refractivity contribution < 1.29 is 9.66 Å². The van der Waals surface area contributed by atoms with Crippen LogP contribution in [0.5, 0.6) is 5.75 Å². The van der Waals surface area contributed by atoms with E-state index in [9.17, 15) is 10.1 Å². The molecule has 8 rings (SSSR count). The molecule has 0 radical (unpaired) electrons. The Labute approximate surface area is 359 Å². The lowest BCUT2D eigenvalue weighted by atomic mass is 9.90. The van der Waals surface area contributed by atoms with Gasteiger partial charge in [0.05, 0.1) is 33.2 Å². The van der Waals surface area contributed by atoms with Gasteiger partial charge in [0.2, 0.25) is 0 Å². The van der Waals surface area contributed by atoms with E-state index in [2.05, 4.69) is 120 Å². The molecule has 8 heteroatoms. The number of nitro groups is 1. The topological polar surface area (TPSA) is 110 Å². The van der Waals surface area contributed by atoms with Crippen molar-refractivity contribution in [2.24, 2.45) is 0 Å². The second-order valence-electron chi connectivity index (χ2n) is 15.9. The van der Waals surface area contributed by atoms with Gasteiger partial charge < -0.3 is 14.7 Å². The molecule has 0 fully saturated rings. The maximum atomic E-state index is 11.5. The number of hydrogen-bond donors (Lipinski definition) is 2. The molecule has 6 aromatic rings. The first-order chi connectivity index (χ1) is 29.7. The minimum absolute atomic E-state index is 0.0551. The van der Waals surface area contributed by atoms with Crippen LogP contribution < -0.4 is 4.74 Å². The molecule has 0 spiro atoms. The Hall–Kier alpha value is -6.28. The van der Waals surface area contributed by atoms with Gasteiger partial charge in [-0.3, -0.25) is 10.1 Å². The van der Waals surface area contributed by atoms with Crippen LogP contribution in [0.2, 0.25) is 0 Å². The number of aryl methyl sites for hydroxylation is 4. The van der Waals surface area contributed by atoms with Gasteiger partial charge in [0.1, 0.15) is 12.4 Å². The normalized spacial score (nSPS) is 12.9. The summed E-state index contributed by atoms with van der Waals surface area (Å²) in [6.07, 6.45) is 6.90. The SMILES string of the molecule is CCC1=C(CC)c2cc3[nH]c(cc4[nH]c(c(CC)c4CC)c(-c4c(OCc5ccc([N+](=O)[O-])cc5)ccc5ccccc45)c4nc(cc1n2)C(CC)=C4CC)c(CC)c3CC. The number of non-ortho nitro benzene ring substituents is 1. The number of nitrogens with zero attached hydrogens (tertiary/aromatic N) is 3. The van der Waals surface area contributed by atoms with Crippen molar-refractivity contribution in [1.29, 1.82) is 0 Å². The molecule has 2 aliphatic heterocycles. The predicted octanol–water partition coefficient (Wildman–Crippen LogP) is 14.3. The van der Waals surface area contributed by atoms with E-state index in [0.717, 1.165) is 129 Å². The van der Waals surface area contributed by atoms with E-state index in [1.54, 1.807) is 12.1 Å². The zero-order chi connectivity index (χ0) is 42.9. The molecule has 312 valence electrons. The third-order valence-corrected chi connectivity index (χ3v) is 12.8. The van der Waals surface area contributed by atoms with Crippen LogP contribution in [0.3, 0.4) is 0 Å². The van der Waals surface area contributed by atoms with E-state index in [0.29, 0.717) is 0 Å². The molecule has 0 aliphatic carbocycles. The number of aromatic nitrogens is 4. The van der Waals surface area contributed by atoms with E-state index >= 15 is 0 Å². The monoisotopic (exact) mass is 811 g/mol. The third-order valence-electron chi connectivity index (χ3n) is 12.8. The van der Waals surface area contributed by atoms with E-state index in [1.165, 1.54) is 56.7 Å². The van der Waals surface area contributed by atoms with Gasteiger partial charge >= 0.3 is 0 Å². The van der Waals surface area contributed by atoms with Gasteiger partial charge in [0.15, 0.2) is 0 Å². The highest BCUT2D eigenvalue weighted by Gasteiger charge is 2.28. The Balaban J connectivity index is 1.58. The number of benzene rings is 3. The average molecular weight is 812 g/mol. The van der Waals surface area contributed by atoms with Crippen molar-refractivity contribution in [2.75, 3.05) is 0 Å². The maximum Gasteiger partial charge on any atom is 0.269 e. The lowest BCUT2D eigenvalue weighted by molar-refractivity contribution is -0.384. The summed E-state index contributed by atoms with van der Waals surface area (Å²) in [6.45, 7) is 18.2. The fourth-order valence-corrected chi connectivity index (χ4v) is 9.94. The number of allylic oxidation sites excluding steroid dienone is 4. The molecule has 0 atom stereocenters. The van der Waals surface area contributed by atoms with Crippen molar-refractivity contribution in [3.05, 3.63) is 140 Å². The second kappa shape index (κ2) is 17.4. The summed E-state index contributed by atoms with van der Waals surface area (Å²) < 4.78 is 6.86. The molecular formula is C53H57N5O3. The van der Waals surface area contributed by atoms with Gasteiger partial charge in [-0.25, -0.2) is 9.97 Å². The first kappa shape index (κ1) is 41.5. The molecule has 0 saturated heterocycles. The zero-order valence-electron chi connectivity index (χ0n) is 36.9. The highest BCUT2D eigenvalue weighted by molar-refractivity contribution is 6.09. The quantitative estimate of drug-likeness (QED) is 0.0891. The summed E-state index contributed by atoms with van der Waals surface area (Å²) in [4.78, 5) is 30.2. The van der Waals surface area contributed by atoms with Gasteiger partial charge in [-0.2, -0.15) is 0 Å². The lowest BCUT2D eigenvalue weighted by Gasteiger charge is -2.18. The molecule has 61 heavy (non-hydrogen) atoms. The molecule has 5 heterocycles. The molecule has 2 aliphatic rings. The molecule has 3 aromatic carbocycles. The number of aromatic amines is 2. The Bertz CT molecular complexity index is 2930. The summed E-state index contributed by atoms with van der Waals surface area (Å²) in [7, 11) is 0. The van der Waals surface area contributed by atoms with Gasteiger partial charge in [-0.05, 0) is 149 Å². The van der Waals surface area contributed by atoms with Crippen molar-refractivity contribution in [3.63, 3.8) is 0 Å². The molecule has 0 amide bonds. The van der Waals surface area contributed by atoms with Gasteiger partial charge in [0.25, 0.3) is 5.69 Å². The van der Waals surface area contributed by atoms with Crippen LogP contribution in [-0.2, 0) is 32.3 Å². The van der Waals surface area contributed by atoms with Gasteiger partial charge in [-0.15, -0.1) is 0 Å². The number of H-pyrrole nitrogens is 2. The minimum Gasteiger partial charge on any atom is -0.488 e. The second-order valence-corrected chi connectivity index (χ2v) is 15.9. The number of rotatable bonds is 13.